The molecule has 4 heteroatoms. The number of hydrogen-bond donors (Lipinski definition) is 1. The Kier molecular flexibility index (Phi) is 3.55. The first-order chi connectivity index (χ1) is 9.25. The van der Waals surface area contributed by atoms with Crippen molar-refractivity contribution in [2.75, 3.05) is 32.8 Å². The minimum Gasteiger partial charge on any atom is -0.379 e. The van der Waals surface area contributed by atoms with Crippen LogP contribution in [-0.4, -0.2) is 42.3 Å². The number of ether oxygens (including phenoxy) is 1. The predicted molar refractivity (Wildman–Crippen MR) is 77.1 cm³/mol. The van der Waals surface area contributed by atoms with Crippen molar-refractivity contribution in [3.8, 4) is 0 Å². The Morgan fingerprint density at radius 3 is 2.79 bits per heavy atom. The summed E-state index contributed by atoms with van der Waals surface area (Å²) < 4.78 is 7.53. The Balaban J connectivity index is 1.82. The molecule has 3 rings (SSSR count). The summed E-state index contributed by atoms with van der Waals surface area (Å²) >= 11 is 0. The number of nitrogens with two attached hydrogens (primary N) is 1. The minimum absolute atomic E-state index is 0.0594. The normalized spacial score (nSPS) is 18.8. The lowest BCUT2D eigenvalue weighted by atomic mass is 10.1. The number of morpholine rings is 1. The van der Waals surface area contributed by atoms with Crippen molar-refractivity contribution in [1.82, 2.24) is 9.47 Å². The van der Waals surface area contributed by atoms with Gasteiger partial charge in [0.15, 0.2) is 0 Å². The summed E-state index contributed by atoms with van der Waals surface area (Å²) in [5.41, 5.74) is 8.90. The smallest absolute Gasteiger partial charge is 0.0594 e. The van der Waals surface area contributed by atoms with E-state index in [1.807, 2.05) is 0 Å². The van der Waals surface area contributed by atoms with E-state index in [9.17, 15) is 0 Å². The Bertz CT molecular complexity index is 558. The van der Waals surface area contributed by atoms with E-state index in [4.69, 9.17) is 10.5 Å². The van der Waals surface area contributed by atoms with Crippen LogP contribution >= 0.6 is 0 Å². The number of nitrogens with zero attached hydrogens (tertiary/aromatic N) is 2. The molecule has 1 aromatic heterocycles. The molecule has 19 heavy (non-hydrogen) atoms. The Hall–Kier alpha value is -1.36. The Morgan fingerprint density at radius 2 is 2.00 bits per heavy atom. The van der Waals surface area contributed by atoms with Crippen LogP contribution in [-0.2, 0) is 11.8 Å². The number of rotatable bonds is 3. The van der Waals surface area contributed by atoms with E-state index in [0.29, 0.717) is 0 Å². The van der Waals surface area contributed by atoms with Gasteiger partial charge in [0.2, 0.25) is 0 Å². The van der Waals surface area contributed by atoms with Crippen LogP contribution in [0, 0.1) is 0 Å². The third-order valence-corrected chi connectivity index (χ3v) is 3.89. The molecule has 0 spiro atoms. The Labute approximate surface area is 113 Å². The molecule has 2 aromatic rings. The van der Waals surface area contributed by atoms with Gasteiger partial charge in [0.05, 0.1) is 13.2 Å². The van der Waals surface area contributed by atoms with Crippen molar-refractivity contribution in [2.24, 2.45) is 12.8 Å². The van der Waals surface area contributed by atoms with E-state index < -0.39 is 0 Å². The highest BCUT2D eigenvalue weighted by molar-refractivity contribution is 5.84. The van der Waals surface area contributed by atoms with Gasteiger partial charge in [-0.3, -0.25) is 4.90 Å². The van der Waals surface area contributed by atoms with Gasteiger partial charge < -0.3 is 15.0 Å². The maximum absolute atomic E-state index is 6.41. The fraction of sp³-hybridized carbons (Fsp3) is 0.467. The van der Waals surface area contributed by atoms with Gasteiger partial charge in [0.1, 0.15) is 0 Å². The summed E-state index contributed by atoms with van der Waals surface area (Å²) in [7, 11) is 2.08. The van der Waals surface area contributed by atoms with Crippen LogP contribution in [0.4, 0.5) is 0 Å². The van der Waals surface area contributed by atoms with Gasteiger partial charge in [-0.2, -0.15) is 0 Å². The van der Waals surface area contributed by atoms with Crippen LogP contribution in [0.15, 0.2) is 30.5 Å². The number of benzene rings is 1. The molecule has 4 nitrogen and oxygen atoms in total. The molecule has 0 bridgehead atoms. The van der Waals surface area contributed by atoms with Crippen molar-refractivity contribution in [1.29, 1.82) is 0 Å². The third kappa shape index (κ3) is 2.52. The molecule has 0 saturated carbocycles. The molecular weight excluding hydrogens is 238 g/mol. The van der Waals surface area contributed by atoms with Crippen LogP contribution in [0.2, 0.25) is 0 Å². The van der Waals surface area contributed by atoms with E-state index in [-0.39, 0.29) is 6.04 Å². The van der Waals surface area contributed by atoms with E-state index in [1.165, 1.54) is 16.5 Å². The van der Waals surface area contributed by atoms with Gasteiger partial charge in [0.25, 0.3) is 0 Å². The van der Waals surface area contributed by atoms with Crippen LogP contribution in [0.1, 0.15) is 11.6 Å². The number of para-hydroxylation sites is 1. The van der Waals surface area contributed by atoms with E-state index in [1.54, 1.807) is 0 Å². The Morgan fingerprint density at radius 1 is 1.26 bits per heavy atom. The second kappa shape index (κ2) is 5.33. The molecule has 0 amide bonds. The quantitative estimate of drug-likeness (QED) is 0.908. The average molecular weight is 259 g/mol. The van der Waals surface area contributed by atoms with Gasteiger partial charge >= 0.3 is 0 Å². The van der Waals surface area contributed by atoms with E-state index in [0.717, 1.165) is 32.8 Å². The van der Waals surface area contributed by atoms with Crippen molar-refractivity contribution in [2.45, 2.75) is 6.04 Å². The van der Waals surface area contributed by atoms with Crippen LogP contribution < -0.4 is 5.73 Å². The maximum Gasteiger partial charge on any atom is 0.0594 e. The summed E-state index contributed by atoms with van der Waals surface area (Å²) in [6.45, 7) is 4.51. The topological polar surface area (TPSA) is 43.4 Å². The van der Waals surface area contributed by atoms with Crippen molar-refractivity contribution < 1.29 is 4.74 Å². The summed E-state index contributed by atoms with van der Waals surface area (Å²) in [5.74, 6) is 0. The fourth-order valence-electron chi connectivity index (χ4n) is 2.83. The second-order valence-electron chi connectivity index (χ2n) is 5.23. The van der Waals surface area contributed by atoms with Gasteiger partial charge in [0, 0.05) is 49.8 Å². The zero-order valence-corrected chi connectivity index (χ0v) is 11.4. The first-order valence-electron chi connectivity index (χ1n) is 6.85. The highest BCUT2D eigenvalue weighted by Gasteiger charge is 2.18. The first kappa shape index (κ1) is 12.7. The first-order valence-corrected chi connectivity index (χ1v) is 6.85. The maximum atomic E-state index is 6.41. The zero-order valence-electron chi connectivity index (χ0n) is 11.4. The fourth-order valence-corrected chi connectivity index (χ4v) is 2.83. The van der Waals surface area contributed by atoms with E-state index >= 15 is 0 Å². The average Bonchev–Trinajstić information content (AvgIpc) is 2.78. The number of fused-ring (bicyclic) bond motifs is 1. The highest BCUT2D eigenvalue weighted by atomic mass is 16.5. The molecule has 1 fully saturated rings. The molecule has 0 radical (unpaired) electrons. The molecule has 1 aliphatic heterocycles. The van der Waals surface area contributed by atoms with Crippen molar-refractivity contribution >= 4 is 10.9 Å². The predicted octanol–water partition coefficient (Wildman–Crippen LogP) is 1.51. The molecule has 1 saturated heterocycles. The SMILES string of the molecule is Cn1cc(C(N)CN2CCOCC2)c2ccccc21. The zero-order chi connectivity index (χ0) is 13.2. The van der Waals surface area contributed by atoms with Gasteiger partial charge in [-0.1, -0.05) is 18.2 Å². The lowest BCUT2D eigenvalue weighted by Crippen LogP contribution is -2.40. The second-order valence-corrected chi connectivity index (χ2v) is 5.23. The molecule has 0 aliphatic carbocycles. The van der Waals surface area contributed by atoms with Gasteiger partial charge in [-0.15, -0.1) is 0 Å². The number of aromatic nitrogens is 1. The third-order valence-electron chi connectivity index (χ3n) is 3.89. The van der Waals surface area contributed by atoms with Gasteiger partial charge in [-0.05, 0) is 11.6 Å². The van der Waals surface area contributed by atoms with E-state index in [2.05, 4.69) is 47.0 Å². The lowest BCUT2D eigenvalue weighted by Gasteiger charge is -2.28. The summed E-state index contributed by atoms with van der Waals surface area (Å²) in [6.07, 6.45) is 2.16. The molecule has 2 N–H and O–H groups in total. The molecular formula is C15H21N3O. The molecule has 2 heterocycles. The molecule has 1 unspecified atom stereocenters. The summed E-state index contributed by atoms with van der Waals surface area (Å²) in [6, 6.07) is 8.50. The van der Waals surface area contributed by atoms with Gasteiger partial charge in [-0.25, -0.2) is 0 Å². The van der Waals surface area contributed by atoms with Crippen LogP contribution in [0.25, 0.3) is 10.9 Å². The largest absolute Gasteiger partial charge is 0.379 e. The molecule has 1 aromatic carbocycles. The summed E-state index contributed by atoms with van der Waals surface area (Å²) in [4.78, 5) is 2.38. The van der Waals surface area contributed by atoms with Crippen molar-refractivity contribution in [3.63, 3.8) is 0 Å². The standard InChI is InChI=1S/C15H21N3O/c1-17-10-13(12-4-2-3-5-15(12)17)14(16)11-18-6-8-19-9-7-18/h2-5,10,14H,6-9,11,16H2,1H3. The number of aryl methyl sites for hydroxylation is 1. The minimum atomic E-state index is 0.0594. The monoisotopic (exact) mass is 259 g/mol. The lowest BCUT2D eigenvalue weighted by molar-refractivity contribution is 0.0353. The molecule has 1 atom stereocenters. The number of hydrogen-bond acceptors (Lipinski definition) is 3. The molecule has 1 aliphatic rings. The molecule has 102 valence electrons. The highest BCUT2D eigenvalue weighted by Crippen LogP contribution is 2.25. The van der Waals surface area contributed by atoms with Crippen LogP contribution in [0.5, 0.6) is 0 Å². The van der Waals surface area contributed by atoms with Crippen molar-refractivity contribution in [3.05, 3.63) is 36.0 Å². The summed E-state index contributed by atoms with van der Waals surface area (Å²) in [5, 5.41) is 1.27. The van der Waals surface area contributed by atoms with Crippen LogP contribution in [0.3, 0.4) is 0 Å².